The second-order valence-electron chi connectivity index (χ2n) is 3.94. The number of hydrogen-bond acceptors (Lipinski definition) is 5. The molecule has 0 radical (unpaired) electrons. The molecule has 0 unspecified atom stereocenters. The van der Waals surface area contributed by atoms with Gasteiger partial charge in [0, 0.05) is 6.20 Å². The number of benzene rings is 1. The zero-order valence-electron chi connectivity index (χ0n) is 10.1. The van der Waals surface area contributed by atoms with Crippen LogP contribution in [0.3, 0.4) is 0 Å². The first-order chi connectivity index (χ1) is 9.08. The molecule has 98 valence electrons. The van der Waals surface area contributed by atoms with E-state index in [1.54, 1.807) is 19.1 Å². The number of aryl methyl sites for hydroxylation is 1. The van der Waals surface area contributed by atoms with Crippen molar-refractivity contribution in [3.8, 4) is 0 Å². The quantitative estimate of drug-likeness (QED) is 0.676. The fraction of sp³-hybridized carbons (Fsp3) is 0.167. The van der Waals surface area contributed by atoms with Gasteiger partial charge in [0.1, 0.15) is 11.5 Å². The predicted octanol–water partition coefficient (Wildman–Crippen LogP) is 2.44. The fourth-order valence-corrected chi connectivity index (χ4v) is 1.58. The molecule has 0 aliphatic rings. The Hall–Kier alpha value is -2.57. The zero-order chi connectivity index (χ0) is 13.8. The summed E-state index contributed by atoms with van der Waals surface area (Å²) in [6.07, 6.45) is 1.54. The summed E-state index contributed by atoms with van der Waals surface area (Å²) in [5, 5.41) is 21.3. The Bertz CT molecular complexity index is 604. The van der Waals surface area contributed by atoms with Crippen LogP contribution in [0.4, 0.5) is 15.8 Å². The van der Waals surface area contributed by atoms with Gasteiger partial charge in [-0.25, -0.2) is 4.39 Å². The van der Waals surface area contributed by atoms with Crippen molar-refractivity contribution in [3.05, 3.63) is 57.7 Å². The molecule has 2 aromatic rings. The molecule has 1 heterocycles. The van der Waals surface area contributed by atoms with E-state index in [-0.39, 0.29) is 17.9 Å². The molecule has 0 saturated carbocycles. The van der Waals surface area contributed by atoms with Gasteiger partial charge in [0.05, 0.1) is 23.2 Å². The van der Waals surface area contributed by atoms with Gasteiger partial charge in [0.15, 0.2) is 0 Å². The molecule has 1 N–H and O–H groups in total. The van der Waals surface area contributed by atoms with E-state index in [1.807, 2.05) is 0 Å². The second kappa shape index (κ2) is 5.38. The molecule has 1 aromatic carbocycles. The third-order valence-corrected chi connectivity index (χ3v) is 2.56. The summed E-state index contributed by atoms with van der Waals surface area (Å²) in [6, 6.07) is 5.77. The van der Waals surface area contributed by atoms with Crippen LogP contribution in [0.1, 0.15) is 11.3 Å². The van der Waals surface area contributed by atoms with Crippen LogP contribution < -0.4 is 5.32 Å². The maximum atomic E-state index is 13.3. The summed E-state index contributed by atoms with van der Waals surface area (Å²) in [4.78, 5) is 10.2. The topological polar surface area (TPSA) is 81.0 Å². The van der Waals surface area contributed by atoms with Crippen molar-refractivity contribution in [3.63, 3.8) is 0 Å². The minimum absolute atomic E-state index is 0.259. The lowest BCUT2D eigenvalue weighted by atomic mass is 10.1. The van der Waals surface area contributed by atoms with Crippen molar-refractivity contribution in [1.29, 1.82) is 0 Å². The van der Waals surface area contributed by atoms with E-state index in [4.69, 9.17) is 0 Å². The Morgan fingerprint density at radius 1 is 1.47 bits per heavy atom. The van der Waals surface area contributed by atoms with Gasteiger partial charge in [-0.1, -0.05) is 0 Å². The van der Waals surface area contributed by atoms with Gasteiger partial charge < -0.3 is 5.32 Å². The lowest BCUT2D eigenvalue weighted by Gasteiger charge is -2.08. The molecule has 0 bridgehead atoms. The van der Waals surface area contributed by atoms with Crippen molar-refractivity contribution < 1.29 is 9.31 Å². The van der Waals surface area contributed by atoms with Gasteiger partial charge in [-0.3, -0.25) is 10.1 Å². The monoisotopic (exact) mass is 262 g/mol. The Balaban J connectivity index is 2.24. The maximum absolute atomic E-state index is 13.3. The number of halogens is 1. The highest BCUT2D eigenvalue weighted by Gasteiger charge is 2.16. The fourth-order valence-electron chi connectivity index (χ4n) is 1.58. The average Bonchev–Trinajstić information content (AvgIpc) is 2.40. The minimum Gasteiger partial charge on any atom is -0.374 e. The molecular formula is C12H11FN4O2. The van der Waals surface area contributed by atoms with Gasteiger partial charge in [-0.05, 0) is 30.7 Å². The van der Waals surface area contributed by atoms with Gasteiger partial charge in [-0.2, -0.15) is 10.2 Å². The molecule has 6 nitrogen and oxygen atoms in total. The summed E-state index contributed by atoms with van der Waals surface area (Å²) in [7, 11) is 0. The third-order valence-electron chi connectivity index (χ3n) is 2.56. The standard InChI is InChI=1S/C12H11FN4O2/c1-8-5-11(12(17(18)19)6-10(8)13)14-7-9-3-2-4-15-16-9/h2-6,14H,7H2,1H3. The number of nitrogens with one attached hydrogen (secondary N) is 1. The summed E-state index contributed by atoms with van der Waals surface area (Å²) < 4.78 is 13.3. The second-order valence-corrected chi connectivity index (χ2v) is 3.94. The molecule has 0 amide bonds. The zero-order valence-corrected chi connectivity index (χ0v) is 10.1. The lowest BCUT2D eigenvalue weighted by molar-refractivity contribution is -0.384. The van der Waals surface area contributed by atoms with Crippen LogP contribution in [0.25, 0.3) is 0 Å². The molecule has 0 spiro atoms. The smallest absolute Gasteiger partial charge is 0.295 e. The van der Waals surface area contributed by atoms with Gasteiger partial charge in [0.2, 0.25) is 0 Å². The van der Waals surface area contributed by atoms with Crippen LogP contribution in [-0.2, 0) is 6.54 Å². The summed E-state index contributed by atoms with van der Waals surface area (Å²) in [6.45, 7) is 1.83. The Labute approximate surface area is 108 Å². The number of hydrogen-bond donors (Lipinski definition) is 1. The molecule has 0 aliphatic heterocycles. The Morgan fingerprint density at radius 2 is 2.26 bits per heavy atom. The predicted molar refractivity (Wildman–Crippen MR) is 67.2 cm³/mol. The van der Waals surface area contributed by atoms with E-state index in [1.165, 1.54) is 12.3 Å². The van der Waals surface area contributed by atoms with E-state index in [0.717, 1.165) is 6.07 Å². The summed E-state index contributed by atoms with van der Waals surface area (Å²) in [5.41, 5.74) is 0.938. The van der Waals surface area contributed by atoms with Crippen LogP contribution in [0.2, 0.25) is 0 Å². The number of nitrogens with zero attached hydrogens (tertiary/aromatic N) is 3. The SMILES string of the molecule is Cc1cc(NCc2cccnn2)c([N+](=O)[O-])cc1F. The molecule has 0 fully saturated rings. The van der Waals surface area contributed by atoms with Crippen LogP contribution in [-0.4, -0.2) is 15.1 Å². The van der Waals surface area contributed by atoms with Crippen molar-refractivity contribution in [1.82, 2.24) is 10.2 Å². The van der Waals surface area contributed by atoms with Crippen molar-refractivity contribution >= 4 is 11.4 Å². The largest absolute Gasteiger partial charge is 0.374 e. The first kappa shape index (κ1) is 12.9. The number of rotatable bonds is 4. The van der Waals surface area contributed by atoms with E-state index >= 15 is 0 Å². The highest BCUT2D eigenvalue weighted by molar-refractivity contribution is 5.63. The Morgan fingerprint density at radius 3 is 2.89 bits per heavy atom. The van der Waals surface area contributed by atoms with Crippen molar-refractivity contribution in [2.75, 3.05) is 5.32 Å². The van der Waals surface area contributed by atoms with Crippen molar-refractivity contribution in [2.24, 2.45) is 0 Å². The molecular weight excluding hydrogens is 251 g/mol. The molecule has 0 atom stereocenters. The van der Waals surface area contributed by atoms with E-state index in [0.29, 0.717) is 11.3 Å². The highest BCUT2D eigenvalue weighted by atomic mass is 19.1. The first-order valence-electron chi connectivity index (χ1n) is 5.53. The van der Waals surface area contributed by atoms with Gasteiger partial charge in [-0.15, -0.1) is 0 Å². The number of nitro benzene ring substituents is 1. The molecule has 1 aromatic heterocycles. The lowest BCUT2D eigenvalue weighted by Crippen LogP contribution is -2.05. The molecule has 2 rings (SSSR count). The summed E-state index contributed by atoms with van der Waals surface area (Å²) in [5.74, 6) is -0.600. The van der Waals surface area contributed by atoms with Crippen LogP contribution in [0, 0.1) is 22.9 Å². The van der Waals surface area contributed by atoms with E-state index in [9.17, 15) is 14.5 Å². The normalized spacial score (nSPS) is 10.2. The molecule has 0 aliphatic carbocycles. The van der Waals surface area contributed by atoms with Crippen LogP contribution in [0.5, 0.6) is 0 Å². The molecule has 7 heteroatoms. The highest BCUT2D eigenvalue weighted by Crippen LogP contribution is 2.27. The number of nitro groups is 1. The van der Waals surface area contributed by atoms with Crippen LogP contribution >= 0.6 is 0 Å². The Kier molecular flexibility index (Phi) is 3.65. The molecule has 0 saturated heterocycles. The van der Waals surface area contributed by atoms with Crippen LogP contribution in [0.15, 0.2) is 30.5 Å². The summed E-state index contributed by atoms with van der Waals surface area (Å²) >= 11 is 0. The average molecular weight is 262 g/mol. The van der Waals surface area contributed by atoms with E-state index < -0.39 is 10.7 Å². The maximum Gasteiger partial charge on any atom is 0.295 e. The third kappa shape index (κ3) is 3.01. The molecule has 19 heavy (non-hydrogen) atoms. The van der Waals surface area contributed by atoms with Gasteiger partial charge in [0.25, 0.3) is 5.69 Å². The minimum atomic E-state index is -0.623. The number of aromatic nitrogens is 2. The number of anilines is 1. The first-order valence-corrected chi connectivity index (χ1v) is 5.53. The van der Waals surface area contributed by atoms with E-state index in [2.05, 4.69) is 15.5 Å². The van der Waals surface area contributed by atoms with Gasteiger partial charge >= 0.3 is 0 Å². The van der Waals surface area contributed by atoms with Crippen molar-refractivity contribution in [2.45, 2.75) is 13.5 Å².